The number of benzene rings is 1. The summed E-state index contributed by atoms with van der Waals surface area (Å²) in [6, 6.07) is 7.48. The van der Waals surface area contributed by atoms with E-state index in [0.29, 0.717) is 0 Å². The second kappa shape index (κ2) is 6.19. The van der Waals surface area contributed by atoms with Crippen LogP contribution in [0.2, 0.25) is 0 Å². The summed E-state index contributed by atoms with van der Waals surface area (Å²) in [4.78, 5) is 15.5. The van der Waals surface area contributed by atoms with E-state index >= 15 is 0 Å². The van der Waals surface area contributed by atoms with Crippen LogP contribution in [0.15, 0.2) is 29.3 Å². The van der Waals surface area contributed by atoms with Crippen LogP contribution in [-0.2, 0) is 9.53 Å². The Bertz CT molecular complexity index is 433. The zero-order valence-electron chi connectivity index (χ0n) is 11.3. The van der Waals surface area contributed by atoms with E-state index in [4.69, 9.17) is 9.47 Å². The van der Waals surface area contributed by atoms with Gasteiger partial charge in [0.15, 0.2) is 0 Å². The van der Waals surface area contributed by atoms with E-state index in [-0.39, 0.29) is 12.5 Å². The van der Waals surface area contributed by atoms with Gasteiger partial charge in [0.25, 0.3) is 0 Å². The molecule has 0 radical (unpaired) electrons. The van der Waals surface area contributed by atoms with Gasteiger partial charge in [-0.1, -0.05) is 12.1 Å². The highest BCUT2D eigenvalue weighted by Gasteiger charge is 2.15. The fourth-order valence-electron chi connectivity index (χ4n) is 1.37. The van der Waals surface area contributed by atoms with Gasteiger partial charge in [-0.15, -0.1) is 0 Å². The Kier molecular flexibility index (Phi) is 4.89. The summed E-state index contributed by atoms with van der Waals surface area (Å²) >= 11 is 0. The van der Waals surface area contributed by atoms with E-state index in [1.165, 1.54) is 0 Å². The molecule has 0 aliphatic carbocycles. The predicted octanol–water partition coefficient (Wildman–Crippen LogP) is 2.46. The standard InChI is InChI=1S/C14H19NO3/c1-14(2,3)18-13(16)10-15-9-11-7-5-6-8-12(11)17-4/h5-9H,10H2,1-4H3. The van der Waals surface area contributed by atoms with Crippen molar-refractivity contribution in [1.29, 1.82) is 0 Å². The highest BCUT2D eigenvalue weighted by molar-refractivity contribution is 5.85. The Morgan fingerprint density at radius 1 is 1.33 bits per heavy atom. The zero-order valence-corrected chi connectivity index (χ0v) is 11.3. The number of aliphatic imine (C=N–C) groups is 1. The van der Waals surface area contributed by atoms with E-state index in [1.54, 1.807) is 13.3 Å². The lowest BCUT2D eigenvalue weighted by molar-refractivity contribution is -0.152. The number of carbonyl (C=O) groups is 1. The van der Waals surface area contributed by atoms with E-state index in [9.17, 15) is 4.79 Å². The van der Waals surface area contributed by atoms with Gasteiger partial charge in [-0.3, -0.25) is 9.79 Å². The first-order valence-electron chi connectivity index (χ1n) is 5.77. The number of hydrogen-bond acceptors (Lipinski definition) is 4. The molecule has 0 aromatic heterocycles. The maximum Gasteiger partial charge on any atom is 0.328 e. The molecule has 1 aromatic carbocycles. The van der Waals surface area contributed by atoms with Gasteiger partial charge < -0.3 is 9.47 Å². The number of methoxy groups -OCH3 is 1. The number of esters is 1. The number of ether oxygens (including phenoxy) is 2. The van der Waals surface area contributed by atoms with Gasteiger partial charge in [0.1, 0.15) is 17.9 Å². The van der Waals surface area contributed by atoms with Crippen LogP contribution in [0.4, 0.5) is 0 Å². The summed E-state index contributed by atoms with van der Waals surface area (Å²) in [5.41, 5.74) is 0.361. The normalized spacial score (nSPS) is 11.6. The summed E-state index contributed by atoms with van der Waals surface area (Å²) in [5.74, 6) is 0.388. The van der Waals surface area contributed by atoms with Gasteiger partial charge in [-0.25, -0.2) is 0 Å². The Balaban J connectivity index is 2.57. The molecule has 0 saturated carbocycles. The van der Waals surface area contributed by atoms with E-state index in [1.807, 2.05) is 45.0 Å². The first kappa shape index (κ1) is 14.2. The van der Waals surface area contributed by atoms with E-state index in [0.717, 1.165) is 11.3 Å². The summed E-state index contributed by atoms with van der Waals surface area (Å²) in [6.07, 6.45) is 1.61. The molecule has 0 atom stereocenters. The van der Waals surface area contributed by atoms with Crippen molar-refractivity contribution in [1.82, 2.24) is 0 Å². The monoisotopic (exact) mass is 249 g/mol. The van der Waals surface area contributed by atoms with Crippen molar-refractivity contribution >= 4 is 12.2 Å². The molecule has 0 saturated heterocycles. The van der Waals surface area contributed by atoms with Gasteiger partial charge in [-0.2, -0.15) is 0 Å². The maximum absolute atomic E-state index is 11.4. The number of carbonyl (C=O) groups excluding carboxylic acids is 1. The summed E-state index contributed by atoms with van der Waals surface area (Å²) in [7, 11) is 1.60. The average Bonchev–Trinajstić information content (AvgIpc) is 2.27. The molecule has 4 heteroatoms. The molecule has 0 spiro atoms. The number of nitrogens with zero attached hydrogens (tertiary/aromatic N) is 1. The third-order valence-corrected chi connectivity index (χ3v) is 2.01. The van der Waals surface area contributed by atoms with Crippen LogP contribution in [0.25, 0.3) is 0 Å². The lowest BCUT2D eigenvalue weighted by Crippen LogP contribution is -2.25. The van der Waals surface area contributed by atoms with Gasteiger partial charge in [0, 0.05) is 11.8 Å². The molecule has 4 nitrogen and oxygen atoms in total. The second-order valence-electron chi connectivity index (χ2n) is 4.80. The van der Waals surface area contributed by atoms with Crippen molar-refractivity contribution in [2.75, 3.05) is 13.7 Å². The molecule has 0 fully saturated rings. The van der Waals surface area contributed by atoms with Crippen LogP contribution >= 0.6 is 0 Å². The van der Waals surface area contributed by atoms with Gasteiger partial charge in [0.05, 0.1) is 7.11 Å². The first-order chi connectivity index (χ1) is 8.42. The number of hydrogen-bond donors (Lipinski definition) is 0. The molecular formula is C14H19NO3. The lowest BCUT2D eigenvalue weighted by atomic mass is 10.2. The van der Waals surface area contributed by atoms with Gasteiger partial charge in [-0.05, 0) is 32.9 Å². The van der Waals surface area contributed by atoms with Crippen LogP contribution in [-0.4, -0.2) is 31.4 Å². The third kappa shape index (κ3) is 4.99. The quantitative estimate of drug-likeness (QED) is 0.608. The van der Waals surface area contributed by atoms with Crippen LogP contribution in [0.5, 0.6) is 5.75 Å². The molecule has 0 bridgehead atoms. The van der Waals surface area contributed by atoms with Crippen LogP contribution in [0.1, 0.15) is 26.3 Å². The molecule has 98 valence electrons. The minimum Gasteiger partial charge on any atom is -0.496 e. The van der Waals surface area contributed by atoms with E-state index < -0.39 is 5.60 Å². The van der Waals surface area contributed by atoms with Crippen molar-refractivity contribution in [2.24, 2.45) is 4.99 Å². The summed E-state index contributed by atoms with van der Waals surface area (Å²) < 4.78 is 10.3. The Hall–Kier alpha value is -1.84. The molecular weight excluding hydrogens is 230 g/mol. The Morgan fingerprint density at radius 3 is 2.61 bits per heavy atom. The molecule has 0 N–H and O–H groups in total. The van der Waals surface area contributed by atoms with Crippen molar-refractivity contribution in [2.45, 2.75) is 26.4 Å². The van der Waals surface area contributed by atoms with Crippen molar-refractivity contribution < 1.29 is 14.3 Å². The van der Waals surface area contributed by atoms with Crippen LogP contribution < -0.4 is 4.74 Å². The molecule has 0 aliphatic rings. The zero-order chi connectivity index (χ0) is 13.6. The van der Waals surface area contributed by atoms with Crippen LogP contribution in [0.3, 0.4) is 0 Å². The molecule has 18 heavy (non-hydrogen) atoms. The first-order valence-corrected chi connectivity index (χ1v) is 5.77. The molecule has 1 aromatic rings. The van der Waals surface area contributed by atoms with Gasteiger partial charge in [0.2, 0.25) is 0 Å². The van der Waals surface area contributed by atoms with Crippen molar-refractivity contribution in [3.05, 3.63) is 29.8 Å². The molecule has 0 heterocycles. The Labute approximate surface area is 108 Å². The maximum atomic E-state index is 11.4. The molecule has 0 amide bonds. The highest BCUT2D eigenvalue weighted by Crippen LogP contribution is 2.14. The molecule has 1 rings (SSSR count). The number of para-hydroxylation sites is 1. The largest absolute Gasteiger partial charge is 0.496 e. The highest BCUT2D eigenvalue weighted by atomic mass is 16.6. The fourth-order valence-corrected chi connectivity index (χ4v) is 1.37. The second-order valence-corrected chi connectivity index (χ2v) is 4.80. The minimum atomic E-state index is -0.475. The molecule has 0 unspecified atom stereocenters. The lowest BCUT2D eigenvalue weighted by Gasteiger charge is -2.18. The Morgan fingerprint density at radius 2 is 2.00 bits per heavy atom. The van der Waals surface area contributed by atoms with Crippen LogP contribution in [0, 0.1) is 0 Å². The van der Waals surface area contributed by atoms with Gasteiger partial charge >= 0.3 is 5.97 Å². The predicted molar refractivity (Wildman–Crippen MR) is 71.3 cm³/mol. The third-order valence-electron chi connectivity index (χ3n) is 2.01. The SMILES string of the molecule is COc1ccccc1C=NCC(=O)OC(C)(C)C. The summed E-state index contributed by atoms with van der Waals surface area (Å²) in [5, 5.41) is 0. The average molecular weight is 249 g/mol. The fraction of sp³-hybridized carbons (Fsp3) is 0.429. The molecule has 0 aliphatic heterocycles. The summed E-state index contributed by atoms with van der Waals surface area (Å²) in [6.45, 7) is 5.49. The van der Waals surface area contributed by atoms with Crippen molar-refractivity contribution in [3.63, 3.8) is 0 Å². The smallest absolute Gasteiger partial charge is 0.328 e. The van der Waals surface area contributed by atoms with Crippen molar-refractivity contribution in [3.8, 4) is 5.75 Å². The topological polar surface area (TPSA) is 47.9 Å². The van der Waals surface area contributed by atoms with E-state index in [2.05, 4.69) is 4.99 Å². The number of rotatable bonds is 4. The minimum absolute atomic E-state index is 0.00924.